The number of hydrogen-bond donors (Lipinski definition) is 1. The molecule has 2 N–H and O–H groups in total. The minimum absolute atomic E-state index is 0.291. The molecule has 0 bridgehead atoms. The van der Waals surface area contributed by atoms with Gasteiger partial charge >= 0.3 is 0 Å². The molecule has 1 unspecified atom stereocenters. The summed E-state index contributed by atoms with van der Waals surface area (Å²) in [6.07, 6.45) is 2.20. The highest BCUT2D eigenvalue weighted by molar-refractivity contribution is 9.10. The first-order valence-corrected chi connectivity index (χ1v) is 7.08. The maximum Gasteiger partial charge on any atom is 0.123 e. The van der Waals surface area contributed by atoms with Crippen LogP contribution in [0.15, 0.2) is 22.7 Å². The fraction of sp³-hybridized carbons (Fsp3) is 0.571. The Bertz CT molecular complexity index is 369. The van der Waals surface area contributed by atoms with Crippen molar-refractivity contribution in [3.8, 4) is 5.75 Å². The maximum absolute atomic E-state index is 5.75. The molecule has 0 radical (unpaired) electrons. The number of nitrogens with zero attached hydrogens (tertiary/aromatic N) is 1. The number of nitrogens with two attached hydrogens (primary N) is 1. The quantitative estimate of drug-likeness (QED) is 0.840. The number of ether oxygens (including phenoxy) is 1. The van der Waals surface area contributed by atoms with E-state index >= 15 is 0 Å². The van der Waals surface area contributed by atoms with Gasteiger partial charge in [-0.05, 0) is 51.6 Å². The third-order valence-corrected chi connectivity index (χ3v) is 3.38. The van der Waals surface area contributed by atoms with E-state index in [9.17, 15) is 0 Å². The molecule has 4 heteroatoms. The van der Waals surface area contributed by atoms with Crippen LogP contribution in [-0.2, 0) is 6.54 Å². The van der Waals surface area contributed by atoms with Crippen molar-refractivity contribution < 1.29 is 4.74 Å². The fourth-order valence-electron chi connectivity index (χ4n) is 1.92. The predicted molar refractivity (Wildman–Crippen MR) is 79.9 cm³/mol. The highest BCUT2D eigenvalue weighted by Crippen LogP contribution is 2.24. The van der Waals surface area contributed by atoms with Crippen LogP contribution in [0.3, 0.4) is 0 Å². The number of hydrogen-bond acceptors (Lipinski definition) is 3. The third kappa shape index (κ3) is 5.38. The summed E-state index contributed by atoms with van der Waals surface area (Å²) in [6, 6.07) is 6.40. The highest BCUT2D eigenvalue weighted by Gasteiger charge is 2.07. The van der Waals surface area contributed by atoms with Gasteiger partial charge in [-0.15, -0.1) is 0 Å². The Morgan fingerprint density at radius 3 is 2.78 bits per heavy atom. The first-order valence-electron chi connectivity index (χ1n) is 6.29. The average molecular weight is 315 g/mol. The summed E-state index contributed by atoms with van der Waals surface area (Å²) >= 11 is 3.50. The third-order valence-electron chi connectivity index (χ3n) is 2.88. The van der Waals surface area contributed by atoms with Crippen molar-refractivity contribution in [2.75, 3.05) is 20.7 Å². The molecular weight excluding hydrogens is 292 g/mol. The lowest BCUT2D eigenvalue weighted by molar-refractivity contribution is 0.307. The van der Waals surface area contributed by atoms with Crippen LogP contribution >= 0.6 is 15.9 Å². The van der Waals surface area contributed by atoms with Crippen molar-refractivity contribution in [1.29, 1.82) is 0 Å². The summed E-state index contributed by atoms with van der Waals surface area (Å²) in [5, 5.41) is 0. The SMILES string of the molecule is COc1ccc(Br)cc1CN(C)CCCC(C)N. The topological polar surface area (TPSA) is 38.5 Å². The molecule has 1 atom stereocenters. The molecule has 0 aliphatic heterocycles. The zero-order valence-corrected chi connectivity index (χ0v) is 13.0. The Morgan fingerprint density at radius 2 is 2.17 bits per heavy atom. The molecule has 1 rings (SSSR count). The molecule has 1 aromatic rings. The van der Waals surface area contributed by atoms with Crippen molar-refractivity contribution >= 4 is 15.9 Å². The van der Waals surface area contributed by atoms with Crippen LogP contribution in [-0.4, -0.2) is 31.6 Å². The van der Waals surface area contributed by atoms with Gasteiger partial charge in [-0.3, -0.25) is 0 Å². The molecule has 18 heavy (non-hydrogen) atoms. The molecule has 1 aromatic carbocycles. The molecule has 0 aliphatic carbocycles. The normalized spacial score (nSPS) is 12.8. The summed E-state index contributed by atoms with van der Waals surface area (Å²) in [4.78, 5) is 2.30. The lowest BCUT2D eigenvalue weighted by Gasteiger charge is -2.19. The van der Waals surface area contributed by atoms with Crippen LogP contribution < -0.4 is 10.5 Å². The maximum atomic E-state index is 5.75. The van der Waals surface area contributed by atoms with Gasteiger partial charge in [0.2, 0.25) is 0 Å². The van der Waals surface area contributed by atoms with E-state index in [1.807, 2.05) is 12.1 Å². The molecule has 0 saturated carbocycles. The van der Waals surface area contributed by atoms with Crippen molar-refractivity contribution in [1.82, 2.24) is 4.90 Å². The van der Waals surface area contributed by atoms with E-state index < -0.39 is 0 Å². The summed E-state index contributed by atoms with van der Waals surface area (Å²) in [5.41, 5.74) is 6.96. The number of rotatable bonds is 7. The molecule has 3 nitrogen and oxygen atoms in total. The lowest BCUT2D eigenvalue weighted by atomic mass is 10.1. The van der Waals surface area contributed by atoms with Gasteiger partial charge in [0.1, 0.15) is 5.75 Å². The Morgan fingerprint density at radius 1 is 1.44 bits per heavy atom. The largest absolute Gasteiger partial charge is 0.496 e. The second-order valence-corrected chi connectivity index (χ2v) is 5.73. The van der Waals surface area contributed by atoms with Gasteiger partial charge in [0.25, 0.3) is 0 Å². The molecule has 0 fully saturated rings. The standard InChI is InChI=1S/C14H23BrN2O/c1-11(16)5-4-8-17(2)10-12-9-13(15)6-7-14(12)18-3/h6-7,9,11H,4-5,8,10,16H2,1-3H3. The van der Waals surface area contributed by atoms with Crippen LogP contribution in [0.4, 0.5) is 0 Å². The van der Waals surface area contributed by atoms with E-state index in [1.165, 1.54) is 5.56 Å². The molecule has 0 aliphatic rings. The minimum Gasteiger partial charge on any atom is -0.496 e. The van der Waals surface area contributed by atoms with E-state index in [1.54, 1.807) is 7.11 Å². The number of benzene rings is 1. The highest BCUT2D eigenvalue weighted by atomic mass is 79.9. The number of methoxy groups -OCH3 is 1. The monoisotopic (exact) mass is 314 g/mol. The Kier molecular flexibility index (Phi) is 6.68. The lowest BCUT2D eigenvalue weighted by Crippen LogP contribution is -2.22. The van der Waals surface area contributed by atoms with Gasteiger partial charge in [-0.25, -0.2) is 0 Å². The Labute approximate surface area is 118 Å². The molecule has 0 saturated heterocycles. The van der Waals surface area contributed by atoms with Gasteiger partial charge in [-0.1, -0.05) is 15.9 Å². The second kappa shape index (κ2) is 7.77. The number of halogens is 1. The van der Waals surface area contributed by atoms with Crippen LogP contribution in [0.2, 0.25) is 0 Å². The second-order valence-electron chi connectivity index (χ2n) is 4.81. The summed E-state index contributed by atoms with van der Waals surface area (Å²) in [6.45, 7) is 4.00. The van der Waals surface area contributed by atoms with Gasteiger partial charge in [0, 0.05) is 22.6 Å². The van der Waals surface area contributed by atoms with Crippen molar-refractivity contribution in [3.63, 3.8) is 0 Å². The summed E-state index contributed by atoms with van der Waals surface area (Å²) in [7, 11) is 3.84. The Hall–Kier alpha value is -0.580. The van der Waals surface area contributed by atoms with E-state index in [2.05, 4.69) is 40.9 Å². The first kappa shape index (κ1) is 15.5. The van der Waals surface area contributed by atoms with Gasteiger partial charge < -0.3 is 15.4 Å². The predicted octanol–water partition coefficient (Wildman–Crippen LogP) is 3.02. The van der Waals surface area contributed by atoms with E-state index in [0.717, 1.165) is 36.2 Å². The van der Waals surface area contributed by atoms with Crippen LogP contribution in [0.1, 0.15) is 25.3 Å². The van der Waals surface area contributed by atoms with Crippen molar-refractivity contribution in [3.05, 3.63) is 28.2 Å². The van der Waals surface area contributed by atoms with E-state index in [0.29, 0.717) is 6.04 Å². The van der Waals surface area contributed by atoms with Gasteiger partial charge in [0.15, 0.2) is 0 Å². The molecule has 0 amide bonds. The van der Waals surface area contributed by atoms with E-state index in [-0.39, 0.29) is 0 Å². The van der Waals surface area contributed by atoms with Gasteiger partial charge in [0.05, 0.1) is 7.11 Å². The minimum atomic E-state index is 0.291. The van der Waals surface area contributed by atoms with Crippen LogP contribution in [0.5, 0.6) is 5.75 Å². The molecule has 0 spiro atoms. The molecule has 0 aromatic heterocycles. The van der Waals surface area contributed by atoms with E-state index in [4.69, 9.17) is 10.5 Å². The molecular formula is C14H23BrN2O. The fourth-order valence-corrected chi connectivity index (χ4v) is 2.33. The average Bonchev–Trinajstić information content (AvgIpc) is 2.28. The smallest absolute Gasteiger partial charge is 0.123 e. The molecule has 0 heterocycles. The first-order chi connectivity index (χ1) is 8.52. The van der Waals surface area contributed by atoms with Crippen molar-refractivity contribution in [2.45, 2.75) is 32.4 Å². The molecule has 102 valence electrons. The summed E-state index contributed by atoms with van der Waals surface area (Å²) < 4.78 is 6.46. The zero-order valence-electron chi connectivity index (χ0n) is 11.4. The van der Waals surface area contributed by atoms with Crippen LogP contribution in [0.25, 0.3) is 0 Å². The van der Waals surface area contributed by atoms with Crippen molar-refractivity contribution in [2.24, 2.45) is 5.73 Å². The van der Waals surface area contributed by atoms with Crippen LogP contribution in [0, 0.1) is 0 Å². The summed E-state index contributed by atoms with van der Waals surface area (Å²) in [5.74, 6) is 0.942. The van der Waals surface area contributed by atoms with Gasteiger partial charge in [-0.2, -0.15) is 0 Å². The Balaban J connectivity index is 2.52. The zero-order chi connectivity index (χ0) is 13.5.